The minimum Gasteiger partial charge on any atom is -0.393 e. The molecule has 0 bridgehead atoms. The van der Waals surface area contributed by atoms with E-state index in [1.165, 1.54) is 186 Å². The zero-order chi connectivity index (χ0) is 49.4. The van der Waals surface area contributed by atoms with Gasteiger partial charge >= 0.3 is 7.82 Å². The number of hydrogen-bond donors (Lipinski definition) is 9. The topological polar surface area (TPSA) is 226 Å². The van der Waals surface area contributed by atoms with Gasteiger partial charge in [-0.1, -0.05) is 244 Å². The molecule has 1 aliphatic rings. The largest absolute Gasteiger partial charge is 0.472 e. The molecule has 0 saturated heterocycles. The van der Waals surface area contributed by atoms with Gasteiger partial charge in [-0.2, -0.15) is 0 Å². The SMILES string of the molecule is CCCCCCCCCCCCCCCCCCCC/C=C/C(O)C(COP(=O)(O)OC1C(O)C(O)C(O)C(O)C1O)NC(=O)CC(O)CCCCCCCCCCCCCCCCCCC. The third-order valence-corrected chi connectivity index (χ3v) is 14.6. The summed E-state index contributed by atoms with van der Waals surface area (Å²) >= 11 is 0. The summed E-state index contributed by atoms with van der Waals surface area (Å²) in [6, 6.07) is -1.24. The number of nitrogens with one attached hydrogen (secondary N) is 1. The summed E-state index contributed by atoms with van der Waals surface area (Å²) in [4.78, 5) is 23.6. The molecule has 398 valence electrons. The summed E-state index contributed by atoms with van der Waals surface area (Å²) in [6.45, 7) is 3.79. The molecule has 1 rings (SSSR count). The van der Waals surface area contributed by atoms with Gasteiger partial charge in [0, 0.05) is 0 Å². The fourth-order valence-electron chi connectivity index (χ4n) is 9.13. The molecule has 8 atom stereocenters. The minimum atomic E-state index is -5.14. The first kappa shape index (κ1) is 64.1. The van der Waals surface area contributed by atoms with E-state index < -0.39 is 75.2 Å². The van der Waals surface area contributed by atoms with Gasteiger partial charge in [-0.05, 0) is 19.3 Å². The molecule has 9 N–H and O–H groups in total. The first-order valence-electron chi connectivity index (χ1n) is 27.7. The Morgan fingerprint density at radius 1 is 0.522 bits per heavy atom. The summed E-state index contributed by atoms with van der Waals surface area (Å²) < 4.78 is 23.0. The molecule has 8 unspecified atom stereocenters. The van der Waals surface area contributed by atoms with Gasteiger partial charge in [-0.15, -0.1) is 0 Å². The van der Waals surface area contributed by atoms with Crippen molar-refractivity contribution in [2.75, 3.05) is 6.61 Å². The average molecular weight is 978 g/mol. The summed E-state index contributed by atoms with van der Waals surface area (Å²) in [5.41, 5.74) is 0. The molecule has 14 heteroatoms. The Morgan fingerprint density at radius 2 is 0.851 bits per heavy atom. The van der Waals surface area contributed by atoms with E-state index in [0.29, 0.717) is 12.8 Å². The van der Waals surface area contributed by atoms with E-state index in [2.05, 4.69) is 19.2 Å². The van der Waals surface area contributed by atoms with Crippen LogP contribution < -0.4 is 5.32 Å². The number of hydrogen-bond acceptors (Lipinski definition) is 11. The molecule has 0 aromatic rings. The summed E-state index contributed by atoms with van der Waals surface area (Å²) in [5, 5.41) is 74.8. The molecule has 1 fully saturated rings. The van der Waals surface area contributed by atoms with E-state index >= 15 is 0 Å². The Labute approximate surface area is 408 Å². The van der Waals surface area contributed by atoms with E-state index in [0.717, 1.165) is 44.9 Å². The fraction of sp³-hybridized carbons (Fsp3) is 0.943. The number of unbranched alkanes of at least 4 members (excludes halogenated alkanes) is 34. The van der Waals surface area contributed by atoms with Crippen LogP contribution in [0, 0.1) is 0 Å². The number of aliphatic hydroxyl groups excluding tert-OH is 7. The summed E-state index contributed by atoms with van der Waals surface area (Å²) in [5.74, 6) is -0.587. The maximum atomic E-state index is 13.1. The van der Waals surface area contributed by atoms with E-state index in [1.807, 2.05) is 0 Å². The molecule has 1 amide bonds. The first-order chi connectivity index (χ1) is 32.3. The minimum absolute atomic E-state index is 0.239. The van der Waals surface area contributed by atoms with Crippen LogP contribution in [-0.2, 0) is 18.4 Å². The Bertz CT molecular complexity index is 1200. The first-order valence-corrected chi connectivity index (χ1v) is 29.2. The molecule has 13 nitrogen and oxygen atoms in total. The van der Waals surface area contributed by atoms with E-state index in [-0.39, 0.29) is 6.42 Å². The fourth-order valence-corrected chi connectivity index (χ4v) is 10.1. The molecular formula is C53H104NO12P. The van der Waals surface area contributed by atoms with Gasteiger partial charge in [0.05, 0.1) is 31.3 Å². The van der Waals surface area contributed by atoms with Crippen molar-refractivity contribution >= 4 is 13.7 Å². The molecule has 0 aromatic heterocycles. The molecule has 0 aromatic carbocycles. The number of phosphoric acid groups is 1. The molecule has 0 spiro atoms. The van der Waals surface area contributed by atoms with Crippen molar-refractivity contribution in [3.05, 3.63) is 12.2 Å². The number of amides is 1. The molecule has 0 radical (unpaired) electrons. The lowest BCUT2D eigenvalue weighted by Gasteiger charge is -2.41. The Morgan fingerprint density at radius 3 is 1.22 bits per heavy atom. The summed E-state index contributed by atoms with van der Waals surface area (Å²) in [7, 11) is -5.14. The zero-order valence-corrected chi connectivity index (χ0v) is 43.5. The second-order valence-corrected chi connectivity index (χ2v) is 21.4. The lowest BCUT2D eigenvalue weighted by molar-refractivity contribution is -0.220. The van der Waals surface area contributed by atoms with Crippen molar-refractivity contribution in [3.8, 4) is 0 Å². The number of carbonyl (C=O) groups excluding carboxylic acids is 1. The molecule has 0 aliphatic heterocycles. The highest BCUT2D eigenvalue weighted by Gasteiger charge is 2.51. The van der Waals surface area contributed by atoms with Crippen molar-refractivity contribution < 1.29 is 59.0 Å². The van der Waals surface area contributed by atoms with Gasteiger partial charge < -0.3 is 46.0 Å². The second kappa shape index (κ2) is 42.7. The van der Waals surface area contributed by atoms with Crippen LogP contribution in [0.1, 0.15) is 258 Å². The van der Waals surface area contributed by atoms with E-state index in [1.54, 1.807) is 6.08 Å². The highest BCUT2D eigenvalue weighted by Crippen LogP contribution is 2.47. The molecule has 0 heterocycles. The molecule has 1 saturated carbocycles. The number of carbonyl (C=O) groups is 1. The third kappa shape index (κ3) is 34.1. The lowest BCUT2D eigenvalue weighted by atomic mass is 9.85. The van der Waals surface area contributed by atoms with Gasteiger partial charge in [-0.25, -0.2) is 4.57 Å². The van der Waals surface area contributed by atoms with Crippen LogP contribution in [0.25, 0.3) is 0 Å². The Balaban J connectivity index is 2.44. The van der Waals surface area contributed by atoms with Gasteiger partial charge in [-0.3, -0.25) is 13.8 Å². The van der Waals surface area contributed by atoms with Gasteiger partial charge in [0.25, 0.3) is 0 Å². The van der Waals surface area contributed by atoms with Crippen LogP contribution in [0.3, 0.4) is 0 Å². The van der Waals surface area contributed by atoms with Gasteiger partial charge in [0.1, 0.15) is 36.6 Å². The van der Waals surface area contributed by atoms with Crippen molar-refractivity contribution in [1.82, 2.24) is 5.32 Å². The van der Waals surface area contributed by atoms with Crippen molar-refractivity contribution in [1.29, 1.82) is 0 Å². The monoisotopic (exact) mass is 978 g/mol. The maximum Gasteiger partial charge on any atom is 0.472 e. The van der Waals surface area contributed by atoms with Crippen LogP contribution in [0.15, 0.2) is 12.2 Å². The highest BCUT2D eigenvalue weighted by atomic mass is 31.2. The van der Waals surface area contributed by atoms with Crippen LogP contribution >= 0.6 is 7.82 Å². The van der Waals surface area contributed by atoms with Crippen LogP contribution in [0.5, 0.6) is 0 Å². The molecular weight excluding hydrogens is 874 g/mol. The van der Waals surface area contributed by atoms with Crippen molar-refractivity contribution in [2.45, 2.75) is 313 Å². The predicted octanol–water partition coefficient (Wildman–Crippen LogP) is 10.9. The maximum absolute atomic E-state index is 13.1. The standard InChI is InChI=1S/C53H104NO12P/c1-3-5-7-9-11-13-15-17-19-21-22-23-25-27-29-31-33-35-37-39-41-46(56)45(43-65-67(63,64)66-53-51(61)49(59)48(58)50(60)52(53)62)54-47(57)42-44(55)40-38-36-34-32-30-28-26-24-20-18-16-14-12-10-8-6-4-2/h39,41,44-46,48-53,55-56,58-62H,3-38,40,42-43H2,1-2H3,(H,54,57)(H,63,64)/b41-39+. The second-order valence-electron chi connectivity index (χ2n) is 20.0. The van der Waals surface area contributed by atoms with Crippen LogP contribution in [0.2, 0.25) is 0 Å². The molecule has 67 heavy (non-hydrogen) atoms. The normalized spacial score (nSPS) is 22.2. The number of allylic oxidation sites excluding steroid dienone is 1. The highest BCUT2D eigenvalue weighted by molar-refractivity contribution is 7.47. The zero-order valence-electron chi connectivity index (χ0n) is 42.6. The molecule has 1 aliphatic carbocycles. The van der Waals surface area contributed by atoms with Crippen molar-refractivity contribution in [2.24, 2.45) is 0 Å². The van der Waals surface area contributed by atoms with Crippen LogP contribution in [0.4, 0.5) is 0 Å². The van der Waals surface area contributed by atoms with E-state index in [9.17, 15) is 50.0 Å². The smallest absolute Gasteiger partial charge is 0.393 e. The third-order valence-electron chi connectivity index (χ3n) is 13.6. The van der Waals surface area contributed by atoms with Crippen LogP contribution in [-0.4, -0.2) is 108 Å². The van der Waals surface area contributed by atoms with Gasteiger partial charge in [0.15, 0.2) is 0 Å². The van der Waals surface area contributed by atoms with Crippen molar-refractivity contribution in [3.63, 3.8) is 0 Å². The van der Waals surface area contributed by atoms with Gasteiger partial charge in [0.2, 0.25) is 5.91 Å². The number of rotatable bonds is 47. The Kier molecular flexibility index (Phi) is 40.8. The summed E-state index contributed by atoms with van der Waals surface area (Å²) in [6.07, 6.45) is 34.3. The quantitative estimate of drug-likeness (QED) is 0.0158. The number of phosphoric ester groups is 1. The Hall–Kier alpha value is -0.960. The predicted molar refractivity (Wildman–Crippen MR) is 271 cm³/mol. The number of aliphatic hydroxyl groups is 7. The lowest BCUT2D eigenvalue weighted by Crippen LogP contribution is -2.64. The average Bonchev–Trinajstić information content (AvgIpc) is 3.30. The van der Waals surface area contributed by atoms with E-state index in [4.69, 9.17) is 9.05 Å².